The van der Waals surface area contributed by atoms with Crippen LogP contribution in [-0.4, -0.2) is 25.1 Å². The van der Waals surface area contributed by atoms with Crippen molar-refractivity contribution in [3.8, 4) is 5.75 Å². The Balaban J connectivity index is 0.00000289. The van der Waals surface area contributed by atoms with Gasteiger partial charge in [0.15, 0.2) is 0 Å². The Morgan fingerprint density at radius 3 is 2.61 bits per heavy atom. The number of ether oxygens (including phenoxy) is 1. The lowest BCUT2D eigenvalue weighted by Crippen LogP contribution is -2.38. The molecule has 0 saturated heterocycles. The summed E-state index contributed by atoms with van der Waals surface area (Å²) in [5.41, 5.74) is 5.37. The van der Waals surface area contributed by atoms with E-state index in [9.17, 15) is 9.18 Å². The third kappa shape index (κ3) is 6.42. The first kappa shape index (κ1) is 16.7. The number of hydrogen-bond donors (Lipinski definition) is 2. The van der Waals surface area contributed by atoms with E-state index in [0.717, 1.165) is 0 Å². The van der Waals surface area contributed by atoms with Gasteiger partial charge in [-0.05, 0) is 31.2 Å². The fourth-order valence-corrected chi connectivity index (χ4v) is 1.20. The van der Waals surface area contributed by atoms with Crippen molar-refractivity contribution >= 4 is 18.3 Å². The molecule has 0 spiro atoms. The molecule has 0 saturated carbocycles. The van der Waals surface area contributed by atoms with Crippen molar-refractivity contribution in [3.05, 3.63) is 30.1 Å². The van der Waals surface area contributed by atoms with Crippen LogP contribution in [-0.2, 0) is 4.79 Å². The molecule has 0 aliphatic heterocycles. The van der Waals surface area contributed by atoms with Crippen molar-refractivity contribution in [1.29, 1.82) is 0 Å². The average molecular weight is 277 g/mol. The number of benzene rings is 1. The third-order valence-corrected chi connectivity index (χ3v) is 2.17. The van der Waals surface area contributed by atoms with Gasteiger partial charge in [-0.25, -0.2) is 4.39 Å². The lowest BCUT2D eigenvalue weighted by atomic mass is 10.3. The van der Waals surface area contributed by atoms with Gasteiger partial charge in [0.1, 0.15) is 11.6 Å². The van der Waals surface area contributed by atoms with Crippen LogP contribution >= 0.6 is 12.4 Å². The molecule has 0 aliphatic carbocycles. The summed E-state index contributed by atoms with van der Waals surface area (Å²) < 4.78 is 17.9. The first-order valence-corrected chi connectivity index (χ1v) is 5.49. The van der Waals surface area contributed by atoms with Crippen LogP contribution in [0, 0.1) is 5.82 Å². The highest BCUT2D eigenvalue weighted by atomic mass is 35.5. The van der Waals surface area contributed by atoms with Crippen molar-refractivity contribution in [2.45, 2.75) is 19.4 Å². The van der Waals surface area contributed by atoms with E-state index in [0.29, 0.717) is 12.3 Å². The summed E-state index contributed by atoms with van der Waals surface area (Å²) in [6, 6.07) is 5.64. The maximum Gasteiger partial charge on any atom is 0.223 e. The second kappa shape index (κ2) is 8.72. The normalized spacial score (nSPS) is 11.3. The SMILES string of the molecule is C[C@@H](CN)NC(=O)CCOc1ccc(F)cc1.Cl. The number of nitrogens with two attached hydrogens (primary N) is 1. The Labute approximate surface area is 112 Å². The molecule has 102 valence electrons. The minimum atomic E-state index is -0.313. The summed E-state index contributed by atoms with van der Waals surface area (Å²) in [7, 11) is 0. The maximum atomic E-state index is 12.6. The van der Waals surface area contributed by atoms with Gasteiger partial charge in [-0.3, -0.25) is 4.79 Å². The van der Waals surface area contributed by atoms with Crippen LogP contribution in [0.15, 0.2) is 24.3 Å². The molecule has 3 N–H and O–H groups in total. The molecule has 1 aromatic rings. The van der Waals surface area contributed by atoms with E-state index in [-0.39, 0.29) is 43.2 Å². The summed E-state index contributed by atoms with van der Waals surface area (Å²) in [6.45, 7) is 2.50. The highest BCUT2D eigenvalue weighted by molar-refractivity contribution is 5.85. The number of hydrogen-bond acceptors (Lipinski definition) is 3. The lowest BCUT2D eigenvalue weighted by Gasteiger charge is -2.11. The van der Waals surface area contributed by atoms with Crippen LogP contribution in [0.25, 0.3) is 0 Å². The van der Waals surface area contributed by atoms with E-state index >= 15 is 0 Å². The minimum absolute atomic E-state index is 0. The smallest absolute Gasteiger partial charge is 0.223 e. The lowest BCUT2D eigenvalue weighted by molar-refractivity contribution is -0.122. The molecular formula is C12H18ClFN2O2. The van der Waals surface area contributed by atoms with E-state index < -0.39 is 0 Å². The molecule has 4 nitrogen and oxygen atoms in total. The second-order valence-corrected chi connectivity index (χ2v) is 3.76. The van der Waals surface area contributed by atoms with Crippen molar-refractivity contribution in [1.82, 2.24) is 5.32 Å². The van der Waals surface area contributed by atoms with Crippen LogP contribution in [0.5, 0.6) is 5.75 Å². The van der Waals surface area contributed by atoms with Gasteiger partial charge in [0.2, 0.25) is 5.91 Å². The van der Waals surface area contributed by atoms with E-state index in [4.69, 9.17) is 10.5 Å². The zero-order valence-electron chi connectivity index (χ0n) is 10.2. The standard InChI is InChI=1S/C12H17FN2O2.ClH/c1-9(8-14)15-12(16)6-7-17-11-4-2-10(13)3-5-11;/h2-5,9H,6-8,14H2,1H3,(H,15,16);1H/t9-;/m0./s1. The van der Waals surface area contributed by atoms with E-state index in [1.807, 2.05) is 6.92 Å². The van der Waals surface area contributed by atoms with Gasteiger partial charge in [-0.1, -0.05) is 0 Å². The number of rotatable bonds is 6. The minimum Gasteiger partial charge on any atom is -0.493 e. The zero-order chi connectivity index (χ0) is 12.7. The van der Waals surface area contributed by atoms with Gasteiger partial charge in [-0.2, -0.15) is 0 Å². The van der Waals surface area contributed by atoms with Crippen LogP contribution in [0.3, 0.4) is 0 Å². The quantitative estimate of drug-likeness (QED) is 0.827. The Morgan fingerprint density at radius 2 is 2.06 bits per heavy atom. The van der Waals surface area contributed by atoms with Crippen molar-refractivity contribution in [2.75, 3.05) is 13.2 Å². The van der Waals surface area contributed by atoms with Gasteiger partial charge in [0.05, 0.1) is 13.0 Å². The monoisotopic (exact) mass is 276 g/mol. The fourth-order valence-electron chi connectivity index (χ4n) is 1.20. The number of carbonyl (C=O) groups is 1. The van der Waals surface area contributed by atoms with Crippen LogP contribution in [0.1, 0.15) is 13.3 Å². The molecule has 0 radical (unpaired) electrons. The molecule has 18 heavy (non-hydrogen) atoms. The fraction of sp³-hybridized carbons (Fsp3) is 0.417. The third-order valence-electron chi connectivity index (χ3n) is 2.17. The molecule has 1 amide bonds. The van der Waals surface area contributed by atoms with Gasteiger partial charge < -0.3 is 15.8 Å². The predicted octanol–water partition coefficient (Wildman–Crippen LogP) is 1.48. The topological polar surface area (TPSA) is 64.3 Å². The summed E-state index contributed by atoms with van der Waals surface area (Å²) in [6.07, 6.45) is 0.252. The van der Waals surface area contributed by atoms with Gasteiger partial charge in [0.25, 0.3) is 0 Å². The van der Waals surface area contributed by atoms with Crippen molar-refractivity contribution in [2.24, 2.45) is 5.73 Å². The van der Waals surface area contributed by atoms with Crippen molar-refractivity contribution in [3.63, 3.8) is 0 Å². The molecule has 1 atom stereocenters. The summed E-state index contributed by atoms with van der Waals surface area (Å²) >= 11 is 0. The number of carbonyl (C=O) groups excluding carboxylic acids is 1. The molecule has 0 heterocycles. The van der Waals surface area contributed by atoms with Crippen molar-refractivity contribution < 1.29 is 13.9 Å². The molecule has 6 heteroatoms. The van der Waals surface area contributed by atoms with E-state index in [2.05, 4.69) is 5.32 Å². The zero-order valence-corrected chi connectivity index (χ0v) is 11.0. The van der Waals surface area contributed by atoms with Crippen LogP contribution < -0.4 is 15.8 Å². The Kier molecular flexibility index (Phi) is 8.07. The van der Waals surface area contributed by atoms with Gasteiger partial charge >= 0.3 is 0 Å². The first-order valence-electron chi connectivity index (χ1n) is 5.49. The highest BCUT2D eigenvalue weighted by Gasteiger charge is 2.05. The maximum absolute atomic E-state index is 12.6. The molecule has 0 bridgehead atoms. The van der Waals surface area contributed by atoms with E-state index in [1.165, 1.54) is 24.3 Å². The first-order chi connectivity index (χ1) is 8.11. The van der Waals surface area contributed by atoms with E-state index in [1.54, 1.807) is 0 Å². The number of amides is 1. The summed E-state index contributed by atoms with van der Waals surface area (Å²) in [5, 5.41) is 2.72. The molecular weight excluding hydrogens is 259 g/mol. The Hall–Kier alpha value is -1.33. The van der Waals surface area contributed by atoms with Crippen LogP contribution in [0.4, 0.5) is 4.39 Å². The number of halogens is 2. The van der Waals surface area contributed by atoms with Gasteiger partial charge in [0, 0.05) is 12.6 Å². The molecule has 0 fully saturated rings. The number of nitrogens with one attached hydrogen (secondary N) is 1. The molecule has 0 aromatic heterocycles. The molecule has 0 aliphatic rings. The Bertz CT molecular complexity index is 360. The highest BCUT2D eigenvalue weighted by Crippen LogP contribution is 2.10. The molecule has 1 aromatic carbocycles. The second-order valence-electron chi connectivity index (χ2n) is 3.76. The van der Waals surface area contributed by atoms with Crippen LogP contribution in [0.2, 0.25) is 0 Å². The molecule has 0 unspecified atom stereocenters. The summed E-state index contributed by atoms with van der Waals surface area (Å²) in [5.74, 6) is 0.128. The molecule has 1 rings (SSSR count). The summed E-state index contributed by atoms with van der Waals surface area (Å²) in [4.78, 5) is 11.4. The predicted molar refractivity (Wildman–Crippen MR) is 70.4 cm³/mol. The van der Waals surface area contributed by atoms with Gasteiger partial charge in [-0.15, -0.1) is 12.4 Å². The average Bonchev–Trinajstić information content (AvgIpc) is 2.31. The largest absolute Gasteiger partial charge is 0.493 e. The Morgan fingerprint density at radius 1 is 1.44 bits per heavy atom.